The zero-order valence-electron chi connectivity index (χ0n) is 16.3. The minimum Gasteiger partial charge on any atom is -0.491 e. The number of halogens is 2. The fourth-order valence-corrected chi connectivity index (χ4v) is 3.77. The van der Waals surface area contributed by atoms with Gasteiger partial charge in [-0.25, -0.2) is 0 Å². The van der Waals surface area contributed by atoms with Crippen LogP contribution in [0.25, 0.3) is 0 Å². The number of ether oxygens (including phenoxy) is 3. The van der Waals surface area contributed by atoms with Crippen molar-refractivity contribution in [2.45, 2.75) is 13.0 Å². The molecular weight excluding hydrogens is 415 g/mol. The number of hydrogen-bond acceptors (Lipinski definition) is 6. The number of aryl methyl sites for hydroxylation is 1. The quantitative estimate of drug-likeness (QED) is 0.742. The molecule has 0 amide bonds. The summed E-state index contributed by atoms with van der Waals surface area (Å²) in [6.45, 7) is 6.80. The van der Waals surface area contributed by atoms with Gasteiger partial charge in [0, 0.05) is 49.5 Å². The molecule has 0 aliphatic carbocycles. The molecule has 2 aliphatic rings. The number of β-amino-alcohol motifs (C(OH)–C–C–N with tert-alkyl or cyclic N) is 1. The van der Waals surface area contributed by atoms with Crippen LogP contribution in [0.5, 0.6) is 17.2 Å². The highest BCUT2D eigenvalue weighted by molar-refractivity contribution is 6.30. The Morgan fingerprint density at radius 1 is 1.07 bits per heavy atom. The first-order valence-electron chi connectivity index (χ1n) is 9.52. The molecule has 0 bridgehead atoms. The van der Waals surface area contributed by atoms with E-state index in [2.05, 4.69) is 22.8 Å². The van der Waals surface area contributed by atoms with Crippen LogP contribution in [0.15, 0.2) is 36.4 Å². The lowest BCUT2D eigenvalue weighted by molar-refractivity contribution is 0.0662. The first-order valence-corrected chi connectivity index (χ1v) is 9.90. The SMILES string of the molecule is Cc1ccc(Cl)cc1N1CCN(CC(O)COc2ccc3c(c2)OCO3)CC1.Cl. The summed E-state index contributed by atoms with van der Waals surface area (Å²) in [5.41, 5.74) is 2.42. The van der Waals surface area contributed by atoms with Gasteiger partial charge < -0.3 is 24.2 Å². The summed E-state index contributed by atoms with van der Waals surface area (Å²) in [5, 5.41) is 11.1. The van der Waals surface area contributed by atoms with Gasteiger partial charge in [0.05, 0.1) is 0 Å². The van der Waals surface area contributed by atoms with Gasteiger partial charge in [-0.15, -0.1) is 12.4 Å². The molecule has 2 aliphatic heterocycles. The molecule has 2 aromatic rings. The second kappa shape index (κ2) is 9.76. The van der Waals surface area contributed by atoms with Gasteiger partial charge in [-0.3, -0.25) is 4.90 Å². The van der Waals surface area contributed by atoms with Gasteiger partial charge in [0.15, 0.2) is 11.5 Å². The molecule has 29 heavy (non-hydrogen) atoms. The second-order valence-corrected chi connectivity index (χ2v) is 7.63. The highest BCUT2D eigenvalue weighted by Crippen LogP contribution is 2.35. The summed E-state index contributed by atoms with van der Waals surface area (Å²) in [6.07, 6.45) is -0.551. The van der Waals surface area contributed by atoms with Gasteiger partial charge in [-0.05, 0) is 36.8 Å². The number of hydrogen-bond donors (Lipinski definition) is 1. The minimum atomic E-state index is -0.551. The van der Waals surface area contributed by atoms with Gasteiger partial charge in [-0.1, -0.05) is 17.7 Å². The van der Waals surface area contributed by atoms with Crippen LogP contribution in [0.4, 0.5) is 5.69 Å². The van der Waals surface area contributed by atoms with Crippen LogP contribution in [0, 0.1) is 6.92 Å². The summed E-state index contributed by atoms with van der Waals surface area (Å²) < 4.78 is 16.3. The number of nitrogens with zero attached hydrogens (tertiary/aromatic N) is 2. The topological polar surface area (TPSA) is 54.4 Å². The molecule has 1 atom stereocenters. The first kappa shape index (κ1) is 21.8. The Bertz CT molecular complexity index is 828. The van der Waals surface area contributed by atoms with Crippen molar-refractivity contribution in [3.63, 3.8) is 0 Å². The van der Waals surface area contributed by atoms with Crippen molar-refractivity contribution in [3.05, 3.63) is 47.0 Å². The molecule has 1 fully saturated rings. The van der Waals surface area contributed by atoms with E-state index in [1.165, 1.54) is 11.3 Å². The average molecular weight is 441 g/mol. The number of piperazine rings is 1. The summed E-state index contributed by atoms with van der Waals surface area (Å²) >= 11 is 6.15. The van der Waals surface area contributed by atoms with E-state index < -0.39 is 6.10 Å². The molecule has 0 saturated carbocycles. The largest absolute Gasteiger partial charge is 0.491 e. The molecule has 1 saturated heterocycles. The van der Waals surface area contributed by atoms with Gasteiger partial charge in [0.1, 0.15) is 18.5 Å². The smallest absolute Gasteiger partial charge is 0.231 e. The third kappa shape index (κ3) is 5.39. The van der Waals surface area contributed by atoms with Crippen LogP contribution in [-0.4, -0.2) is 62.2 Å². The molecule has 0 aromatic heterocycles. The van der Waals surface area contributed by atoms with Crippen molar-refractivity contribution in [1.82, 2.24) is 4.90 Å². The Kier molecular flexibility index (Phi) is 7.35. The molecule has 158 valence electrons. The number of rotatable bonds is 6. The van der Waals surface area contributed by atoms with Crippen LogP contribution >= 0.6 is 24.0 Å². The molecule has 4 rings (SSSR count). The lowest BCUT2D eigenvalue weighted by Crippen LogP contribution is -2.49. The van der Waals surface area contributed by atoms with E-state index in [1.807, 2.05) is 24.3 Å². The Labute approximate surface area is 182 Å². The molecule has 1 N–H and O–H groups in total. The summed E-state index contributed by atoms with van der Waals surface area (Å²) in [6, 6.07) is 11.4. The maximum atomic E-state index is 10.4. The van der Waals surface area contributed by atoms with Gasteiger partial charge >= 0.3 is 0 Å². The summed E-state index contributed by atoms with van der Waals surface area (Å²) in [4.78, 5) is 4.62. The van der Waals surface area contributed by atoms with E-state index in [0.717, 1.165) is 37.0 Å². The van der Waals surface area contributed by atoms with Crippen LogP contribution < -0.4 is 19.1 Å². The number of benzene rings is 2. The number of aliphatic hydroxyl groups is 1. The molecule has 6 nitrogen and oxygen atoms in total. The van der Waals surface area contributed by atoms with Crippen molar-refractivity contribution < 1.29 is 19.3 Å². The van der Waals surface area contributed by atoms with Gasteiger partial charge in [-0.2, -0.15) is 0 Å². The first-order chi connectivity index (χ1) is 13.6. The summed E-state index contributed by atoms with van der Waals surface area (Å²) in [7, 11) is 0. The third-order valence-electron chi connectivity index (χ3n) is 5.14. The van der Waals surface area contributed by atoms with E-state index in [-0.39, 0.29) is 25.8 Å². The highest BCUT2D eigenvalue weighted by atomic mass is 35.5. The predicted molar refractivity (Wildman–Crippen MR) is 116 cm³/mol. The van der Waals surface area contributed by atoms with E-state index in [1.54, 1.807) is 6.07 Å². The predicted octanol–water partition coefficient (Wildman–Crippen LogP) is 3.36. The standard InChI is InChI=1S/C21H25ClN2O4.ClH/c1-15-2-3-16(22)10-19(15)24-8-6-23(7-9-24)12-17(25)13-26-18-4-5-20-21(11-18)28-14-27-20;/h2-5,10-11,17,25H,6-9,12-14H2,1H3;1H. The lowest BCUT2D eigenvalue weighted by Gasteiger charge is -2.37. The zero-order chi connectivity index (χ0) is 19.5. The monoisotopic (exact) mass is 440 g/mol. The Morgan fingerprint density at radius 3 is 2.62 bits per heavy atom. The highest BCUT2D eigenvalue weighted by Gasteiger charge is 2.21. The Hall–Kier alpha value is -1.86. The van der Waals surface area contributed by atoms with Gasteiger partial charge in [0.25, 0.3) is 0 Å². The Morgan fingerprint density at radius 2 is 1.83 bits per heavy atom. The van der Waals surface area contributed by atoms with Crippen LogP contribution in [0.1, 0.15) is 5.56 Å². The van der Waals surface area contributed by atoms with Crippen LogP contribution in [0.2, 0.25) is 5.02 Å². The fraction of sp³-hybridized carbons (Fsp3) is 0.429. The number of aliphatic hydroxyl groups excluding tert-OH is 1. The molecule has 0 radical (unpaired) electrons. The van der Waals surface area contributed by atoms with Gasteiger partial charge in [0.2, 0.25) is 6.79 Å². The number of anilines is 1. The molecule has 2 aromatic carbocycles. The normalized spacial score (nSPS) is 17.0. The van der Waals surface area contributed by atoms with E-state index in [4.69, 9.17) is 25.8 Å². The Balaban J connectivity index is 0.00000240. The molecule has 0 spiro atoms. The molecular formula is C21H26Cl2N2O4. The maximum absolute atomic E-state index is 10.4. The van der Waals surface area contributed by atoms with Crippen molar-refractivity contribution >= 4 is 29.7 Å². The van der Waals surface area contributed by atoms with Crippen LogP contribution in [0.3, 0.4) is 0 Å². The number of fused-ring (bicyclic) bond motifs is 1. The van der Waals surface area contributed by atoms with Crippen molar-refractivity contribution in [2.75, 3.05) is 51.0 Å². The summed E-state index contributed by atoms with van der Waals surface area (Å²) in [5.74, 6) is 2.07. The van der Waals surface area contributed by atoms with Crippen molar-refractivity contribution in [2.24, 2.45) is 0 Å². The average Bonchev–Trinajstić information content (AvgIpc) is 3.17. The molecule has 1 unspecified atom stereocenters. The van der Waals surface area contributed by atoms with E-state index >= 15 is 0 Å². The van der Waals surface area contributed by atoms with Crippen molar-refractivity contribution in [3.8, 4) is 17.2 Å². The third-order valence-corrected chi connectivity index (χ3v) is 5.37. The molecule has 2 heterocycles. The lowest BCUT2D eigenvalue weighted by atomic mass is 10.1. The van der Waals surface area contributed by atoms with E-state index in [9.17, 15) is 5.11 Å². The van der Waals surface area contributed by atoms with Crippen molar-refractivity contribution in [1.29, 1.82) is 0 Å². The van der Waals surface area contributed by atoms with E-state index in [0.29, 0.717) is 18.0 Å². The van der Waals surface area contributed by atoms with Crippen LogP contribution in [-0.2, 0) is 0 Å². The minimum absolute atomic E-state index is 0. The second-order valence-electron chi connectivity index (χ2n) is 7.20. The zero-order valence-corrected chi connectivity index (χ0v) is 17.9. The molecule has 8 heteroatoms. The fourth-order valence-electron chi connectivity index (χ4n) is 3.60. The maximum Gasteiger partial charge on any atom is 0.231 e.